The van der Waals surface area contributed by atoms with Gasteiger partial charge in [-0.1, -0.05) is 35.5 Å². The zero-order chi connectivity index (χ0) is 13.9. The molecule has 1 aliphatic rings. The van der Waals surface area contributed by atoms with Crippen molar-refractivity contribution in [2.45, 2.75) is 18.9 Å². The van der Waals surface area contributed by atoms with E-state index in [-0.39, 0.29) is 11.9 Å². The van der Waals surface area contributed by atoms with E-state index in [9.17, 15) is 4.79 Å². The lowest BCUT2D eigenvalue weighted by Gasteiger charge is -2.34. The van der Waals surface area contributed by atoms with Gasteiger partial charge >= 0.3 is 0 Å². The Morgan fingerprint density at radius 1 is 1.35 bits per heavy atom. The fourth-order valence-corrected chi connectivity index (χ4v) is 2.43. The lowest BCUT2D eigenvalue weighted by atomic mass is 9.80. The summed E-state index contributed by atoms with van der Waals surface area (Å²) in [7, 11) is 0. The molecule has 0 aliphatic heterocycles. The van der Waals surface area contributed by atoms with Crippen molar-refractivity contribution in [1.29, 1.82) is 0 Å². The van der Waals surface area contributed by atoms with Gasteiger partial charge in [0.25, 0.3) is 5.91 Å². The van der Waals surface area contributed by atoms with Gasteiger partial charge in [-0.25, -0.2) is 0 Å². The second kappa shape index (κ2) is 5.46. The lowest BCUT2D eigenvalue weighted by molar-refractivity contribution is 0.0883. The van der Waals surface area contributed by atoms with Gasteiger partial charge in [-0.05, 0) is 25.3 Å². The van der Waals surface area contributed by atoms with Gasteiger partial charge in [0.1, 0.15) is 0 Å². The Balaban J connectivity index is 1.64. The first-order chi connectivity index (χ1) is 9.76. The van der Waals surface area contributed by atoms with Gasteiger partial charge in [0.15, 0.2) is 11.5 Å². The zero-order valence-corrected chi connectivity index (χ0v) is 11.1. The third kappa shape index (κ3) is 2.58. The monoisotopic (exact) mass is 271 g/mol. The number of nitrogens with zero attached hydrogens (tertiary/aromatic N) is 1. The smallest absolute Gasteiger partial charge is 0.273 e. The van der Waals surface area contributed by atoms with Crippen LogP contribution >= 0.6 is 0 Å². The second-order valence-corrected chi connectivity index (χ2v) is 5.19. The summed E-state index contributed by atoms with van der Waals surface area (Å²) in [6, 6.07) is 11.5. The minimum absolute atomic E-state index is 0.184. The maximum Gasteiger partial charge on any atom is 0.273 e. The maximum atomic E-state index is 12.0. The van der Waals surface area contributed by atoms with Crippen LogP contribution in [0.4, 0.5) is 0 Å². The molecule has 0 radical (unpaired) electrons. The van der Waals surface area contributed by atoms with Crippen LogP contribution in [0.3, 0.4) is 0 Å². The van der Waals surface area contributed by atoms with E-state index in [1.165, 1.54) is 0 Å². The summed E-state index contributed by atoms with van der Waals surface area (Å²) in [6.07, 6.45) is 1.90. The Bertz CT molecular complexity index is 588. The molecule has 2 aromatic rings. The number of aromatic nitrogens is 1. The average Bonchev–Trinajstić information content (AvgIpc) is 2.93. The predicted molar refractivity (Wildman–Crippen MR) is 75.0 cm³/mol. The molecule has 1 heterocycles. The van der Waals surface area contributed by atoms with Crippen molar-refractivity contribution in [2.75, 3.05) is 6.54 Å². The molecule has 1 aromatic carbocycles. The highest BCUT2D eigenvalue weighted by Gasteiger charge is 2.29. The number of hydrogen-bond acceptors (Lipinski definition) is 4. The van der Waals surface area contributed by atoms with Crippen molar-refractivity contribution in [3.8, 4) is 11.3 Å². The van der Waals surface area contributed by atoms with Crippen LogP contribution in [0.2, 0.25) is 0 Å². The van der Waals surface area contributed by atoms with E-state index in [4.69, 9.17) is 10.3 Å². The van der Waals surface area contributed by atoms with Crippen molar-refractivity contribution >= 4 is 5.91 Å². The van der Waals surface area contributed by atoms with Crippen molar-refractivity contribution in [1.82, 2.24) is 10.5 Å². The molecule has 1 saturated carbocycles. The van der Waals surface area contributed by atoms with Gasteiger partial charge < -0.3 is 15.6 Å². The summed E-state index contributed by atoms with van der Waals surface area (Å²) in [5.74, 6) is 0.957. The van der Waals surface area contributed by atoms with Crippen LogP contribution < -0.4 is 11.1 Å². The molecule has 1 amide bonds. The van der Waals surface area contributed by atoms with Gasteiger partial charge in [0.2, 0.25) is 0 Å². The first-order valence-corrected chi connectivity index (χ1v) is 6.79. The predicted octanol–water partition coefficient (Wildman–Crippen LogP) is 1.81. The van der Waals surface area contributed by atoms with Gasteiger partial charge in [-0.3, -0.25) is 4.79 Å². The number of amides is 1. The van der Waals surface area contributed by atoms with E-state index in [1.807, 2.05) is 30.3 Å². The van der Waals surface area contributed by atoms with Crippen molar-refractivity contribution in [3.63, 3.8) is 0 Å². The highest BCUT2D eigenvalue weighted by Crippen LogP contribution is 2.26. The summed E-state index contributed by atoms with van der Waals surface area (Å²) >= 11 is 0. The van der Waals surface area contributed by atoms with Gasteiger partial charge in [0, 0.05) is 17.7 Å². The van der Waals surface area contributed by atoms with Crippen LogP contribution in [0.1, 0.15) is 23.3 Å². The molecular weight excluding hydrogens is 254 g/mol. The Hall–Kier alpha value is -2.14. The summed E-state index contributed by atoms with van der Waals surface area (Å²) in [4.78, 5) is 12.0. The molecule has 0 saturated heterocycles. The fourth-order valence-electron chi connectivity index (χ4n) is 2.43. The number of hydrogen-bond donors (Lipinski definition) is 2. The number of nitrogens with one attached hydrogen (secondary N) is 1. The average molecular weight is 271 g/mol. The van der Waals surface area contributed by atoms with Crippen LogP contribution in [-0.2, 0) is 0 Å². The number of carbonyl (C=O) groups excluding carboxylic acids is 1. The maximum absolute atomic E-state index is 12.0. The number of rotatable bonds is 4. The van der Waals surface area contributed by atoms with Crippen molar-refractivity contribution in [2.24, 2.45) is 11.7 Å². The molecule has 20 heavy (non-hydrogen) atoms. The molecule has 104 valence electrons. The molecule has 1 aliphatic carbocycles. The SMILES string of the molecule is NC[C@H]1C[C@@H](NC(=O)c2cc(-c3ccccc3)on2)C1. The van der Waals surface area contributed by atoms with Crippen LogP contribution in [-0.4, -0.2) is 23.7 Å². The van der Waals surface area contributed by atoms with Crippen LogP contribution in [0, 0.1) is 5.92 Å². The van der Waals surface area contributed by atoms with E-state index in [1.54, 1.807) is 6.07 Å². The molecule has 0 spiro atoms. The normalized spacial score (nSPS) is 21.2. The highest BCUT2D eigenvalue weighted by molar-refractivity contribution is 5.93. The first-order valence-electron chi connectivity index (χ1n) is 6.79. The Morgan fingerprint density at radius 3 is 2.80 bits per heavy atom. The minimum Gasteiger partial charge on any atom is -0.355 e. The molecule has 0 atom stereocenters. The quantitative estimate of drug-likeness (QED) is 0.888. The molecular formula is C15H17N3O2. The Morgan fingerprint density at radius 2 is 2.10 bits per heavy atom. The van der Waals surface area contributed by atoms with E-state index in [0.29, 0.717) is 23.9 Å². The fraction of sp³-hybridized carbons (Fsp3) is 0.333. The summed E-state index contributed by atoms with van der Waals surface area (Å²) < 4.78 is 5.22. The zero-order valence-electron chi connectivity index (χ0n) is 11.1. The summed E-state index contributed by atoms with van der Waals surface area (Å²) in [5, 5.41) is 6.78. The Kier molecular flexibility index (Phi) is 3.52. The van der Waals surface area contributed by atoms with Crippen LogP contribution in [0.25, 0.3) is 11.3 Å². The van der Waals surface area contributed by atoms with E-state index in [0.717, 1.165) is 18.4 Å². The third-order valence-electron chi connectivity index (χ3n) is 3.71. The molecule has 0 bridgehead atoms. The molecule has 3 rings (SSSR count). The second-order valence-electron chi connectivity index (χ2n) is 5.19. The van der Waals surface area contributed by atoms with E-state index in [2.05, 4.69) is 10.5 Å². The third-order valence-corrected chi connectivity index (χ3v) is 3.71. The van der Waals surface area contributed by atoms with Gasteiger partial charge in [0.05, 0.1) is 0 Å². The van der Waals surface area contributed by atoms with E-state index < -0.39 is 0 Å². The molecule has 5 nitrogen and oxygen atoms in total. The molecule has 0 unspecified atom stereocenters. The molecule has 5 heteroatoms. The van der Waals surface area contributed by atoms with Gasteiger partial charge in [-0.2, -0.15) is 0 Å². The summed E-state index contributed by atoms with van der Waals surface area (Å²) in [5.41, 5.74) is 6.79. The largest absolute Gasteiger partial charge is 0.355 e. The van der Waals surface area contributed by atoms with Crippen LogP contribution in [0.5, 0.6) is 0 Å². The highest BCUT2D eigenvalue weighted by atomic mass is 16.5. The molecule has 3 N–H and O–H groups in total. The van der Waals surface area contributed by atoms with Gasteiger partial charge in [-0.15, -0.1) is 0 Å². The number of benzene rings is 1. The Labute approximate surface area is 117 Å². The molecule has 1 aromatic heterocycles. The first kappa shape index (κ1) is 12.9. The standard InChI is InChI=1S/C15H17N3O2/c16-9-10-6-12(7-10)17-15(19)13-8-14(20-18-13)11-4-2-1-3-5-11/h1-5,8,10,12H,6-7,9,16H2,(H,17,19)/t10-,12+. The number of carbonyl (C=O) groups is 1. The lowest BCUT2D eigenvalue weighted by Crippen LogP contribution is -2.46. The number of nitrogens with two attached hydrogens (primary N) is 1. The van der Waals surface area contributed by atoms with Crippen molar-refractivity contribution < 1.29 is 9.32 Å². The molecule has 1 fully saturated rings. The topological polar surface area (TPSA) is 81.1 Å². The minimum atomic E-state index is -0.184. The van der Waals surface area contributed by atoms with E-state index >= 15 is 0 Å². The van der Waals surface area contributed by atoms with Crippen LogP contribution in [0.15, 0.2) is 40.9 Å². The summed E-state index contributed by atoms with van der Waals surface area (Å²) in [6.45, 7) is 0.689. The van der Waals surface area contributed by atoms with Crippen molar-refractivity contribution in [3.05, 3.63) is 42.1 Å².